The van der Waals surface area contributed by atoms with Gasteiger partial charge in [0, 0.05) is 0 Å². The van der Waals surface area contributed by atoms with E-state index in [1.165, 1.54) is 30.5 Å². The minimum atomic E-state index is -4.28. The number of nitrogens with zero attached hydrogens (tertiary/aromatic N) is 4. The zero-order valence-corrected chi connectivity index (χ0v) is 22.6. The van der Waals surface area contributed by atoms with Gasteiger partial charge in [-0.3, -0.25) is 14.2 Å². The molecule has 1 aliphatic rings. The Morgan fingerprint density at radius 2 is 1.87 bits per heavy atom. The van der Waals surface area contributed by atoms with Crippen molar-refractivity contribution in [2.45, 2.75) is 63.8 Å². The number of esters is 2. The monoisotopic (exact) mass is 571 g/mol. The largest absolute Gasteiger partial charge is 0.465 e. The van der Waals surface area contributed by atoms with E-state index >= 15 is 4.39 Å². The second-order valence-corrected chi connectivity index (χ2v) is 10.5. The highest BCUT2D eigenvalue weighted by Crippen LogP contribution is 2.45. The molecule has 3 rings (SSSR count). The lowest BCUT2D eigenvalue weighted by molar-refractivity contribution is -0.145. The molecule has 6 atom stereocenters. The maximum absolute atomic E-state index is 15.5. The van der Waals surface area contributed by atoms with Crippen LogP contribution in [-0.4, -0.2) is 81.9 Å². The molecular weight excluding hydrogens is 540 g/mol. The molecule has 15 nitrogen and oxygen atoms in total. The van der Waals surface area contributed by atoms with Crippen LogP contribution in [0.5, 0.6) is 0 Å². The smallest absolute Gasteiger partial charge is 0.342 e. The molecule has 5 N–H and O–H groups in total. The zero-order chi connectivity index (χ0) is 29.0. The van der Waals surface area contributed by atoms with E-state index in [0.717, 1.165) is 6.33 Å². The van der Waals surface area contributed by atoms with Gasteiger partial charge in [-0.2, -0.15) is 10.4 Å². The van der Waals surface area contributed by atoms with Crippen LogP contribution >= 0.6 is 7.67 Å². The van der Waals surface area contributed by atoms with Crippen molar-refractivity contribution in [2.75, 3.05) is 25.6 Å². The Morgan fingerprint density at radius 3 is 2.41 bits per heavy atom. The third kappa shape index (κ3) is 6.19. The molecule has 17 heteroatoms. The van der Waals surface area contributed by atoms with Gasteiger partial charge in [-0.1, -0.05) is 0 Å². The lowest BCUT2D eigenvalue weighted by Crippen LogP contribution is -2.43. The van der Waals surface area contributed by atoms with Gasteiger partial charge in [0.1, 0.15) is 42.2 Å². The van der Waals surface area contributed by atoms with Crippen LogP contribution in [0.3, 0.4) is 0 Å². The first-order valence-corrected chi connectivity index (χ1v) is 13.7. The fourth-order valence-corrected chi connectivity index (χ4v) is 5.77. The van der Waals surface area contributed by atoms with Gasteiger partial charge in [-0.15, -0.1) is 0 Å². The number of ether oxygens (including phenoxy) is 3. The van der Waals surface area contributed by atoms with E-state index in [1.54, 1.807) is 19.9 Å². The fraction of sp³-hybridized carbons (Fsp3) is 0.591. The molecule has 0 spiro atoms. The van der Waals surface area contributed by atoms with E-state index in [9.17, 15) is 24.5 Å². The Labute approximate surface area is 223 Å². The Hall–Kier alpha value is -3.19. The molecule has 214 valence electrons. The van der Waals surface area contributed by atoms with Gasteiger partial charge >= 0.3 is 19.6 Å². The molecule has 3 heterocycles. The van der Waals surface area contributed by atoms with Gasteiger partial charge < -0.3 is 29.6 Å². The van der Waals surface area contributed by atoms with Crippen LogP contribution in [0, 0.1) is 11.3 Å². The minimum Gasteiger partial charge on any atom is -0.465 e. The van der Waals surface area contributed by atoms with E-state index in [-0.39, 0.29) is 30.2 Å². The van der Waals surface area contributed by atoms with E-state index in [2.05, 4.69) is 20.3 Å². The van der Waals surface area contributed by atoms with Gasteiger partial charge in [0.05, 0.1) is 25.5 Å². The van der Waals surface area contributed by atoms with Crippen LogP contribution in [0.25, 0.3) is 5.52 Å². The maximum atomic E-state index is 15.5. The number of nitrogens with two attached hydrogens (primary N) is 1. The van der Waals surface area contributed by atoms with Crippen LogP contribution < -0.4 is 15.9 Å². The summed E-state index contributed by atoms with van der Waals surface area (Å²) in [6.45, 7) is 5.29. The molecule has 0 saturated carbocycles. The number of aromatic nitrogens is 3. The molecule has 2 aromatic rings. The number of aliphatic hydroxyl groups is 1. The number of halogens is 1. The molecule has 1 fully saturated rings. The number of hydrogen-bond acceptors (Lipinski definition) is 12. The van der Waals surface area contributed by atoms with Crippen molar-refractivity contribution in [2.24, 2.45) is 0 Å². The number of carbonyl (C=O) groups is 2. The van der Waals surface area contributed by atoms with Crippen LogP contribution in [-0.2, 0) is 38.5 Å². The first-order valence-electron chi connectivity index (χ1n) is 12.1. The van der Waals surface area contributed by atoms with Gasteiger partial charge in [-0.05, 0) is 39.8 Å². The molecule has 0 amide bonds. The number of rotatable bonds is 12. The standard InChI is InChI=1S/C22H31FN7O8P/c1-5-35-20(32)12(3)28-39(34,29-13(4)21(33)36-6-2)37-9-15-17(31)18(23)22(10-24,38-15)16-8-7-14-19(25)26-11-27-30(14)16/h7-8,11-13,15,17-18,31H,5-6,9H2,1-4H3,(H2,25,26,27)(H2,28,29,34)/t12-,13-,15+,17+,18+,22-/m0/s1. The van der Waals surface area contributed by atoms with Crippen molar-refractivity contribution in [3.63, 3.8) is 0 Å². The van der Waals surface area contributed by atoms with Crippen LogP contribution in [0.15, 0.2) is 18.5 Å². The molecule has 0 aliphatic carbocycles. The molecule has 2 aromatic heterocycles. The molecule has 0 aromatic carbocycles. The van der Waals surface area contributed by atoms with Gasteiger partial charge in [0.25, 0.3) is 0 Å². The molecule has 39 heavy (non-hydrogen) atoms. The summed E-state index contributed by atoms with van der Waals surface area (Å²) < 4.78 is 51.4. The lowest BCUT2D eigenvalue weighted by Gasteiger charge is -2.27. The number of carbonyl (C=O) groups excluding carboxylic acids is 2. The average Bonchev–Trinajstić information content (AvgIpc) is 3.44. The second-order valence-electron chi connectivity index (χ2n) is 8.61. The topological polar surface area (TPSA) is 212 Å². The number of fused-ring (bicyclic) bond motifs is 1. The van der Waals surface area contributed by atoms with Crippen molar-refractivity contribution in [3.8, 4) is 6.07 Å². The summed E-state index contributed by atoms with van der Waals surface area (Å²) in [5, 5.41) is 29.5. The number of aliphatic hydroxyl groups excluding tert-OH is 1. The Kier molecular flexibility index (Phi) is 9.60. The molecule has 1 saturated heterocycles. The second kappa shape index (κ2) is 12.3. The summed E-state index contributed by atoms with van der Waals surface area (Å²) in [5.41, 5.74) is 3.72. The fourth-order valence-electron chi connectivity index (χ4n) is 3.96. The summed E-state index contributed by atoms with van der Waals surface area (Å²) in [5.74, 6) is -1.43. The number of nitriles is 1. The van der Waals surface area contributed by atoms with Crippen LogP contribution in [0.1, 0.15) is 33.4 Å². The Balaban J connectivity index is 1.85. The molecule has 0 unspecified atom stereocenters. The first-order chi connectivity index (χ1) is 18.4. The third-order valence-electron chi connectivity index (χ3n) is 5.86. The third-order valence-corrected chi connectivity index (χ3v) is 7.83. The summed E-state index contributed by atoms with van der Waals surface area (Å²) in [6.07, 6.45) is -4.56. The summed E-state index contributed by atoms with van der Waals surface area (Å²) in [6, 6.07) is 2.28. The Bertz CT molecular complexity index is 1260. The molecule has 1 aliphatic heterocycles. The summed E-state index contributed by atoms with van der Waals surface area (Å²) in [4.78, 5) is 28.1. The molecule has 0 radical (unpaired) electrons. The van der Waals surface area contributed by atoms with Gasteiger partial charge in [-0.25, -0.2) is 24.1 Å². The van der Waals surface area contributed by atoms with E-state index < -0.39 is 62.3 Å². The summed E-state index contributed by atoms with van der Waals surface area (Å²) >= 11 is 0. The SMILES string of the molecule is CCOC(=O)[C@H](C)NP(=O)(N[C@@H](C)C(=O)OCC)OC[C@H]1O[C@@](C#N)(c2ccc3c(N)ncnn23)[C@H](F)[C@@H]1O. The average molecular weight is 572 g/mol. The van der Waals surface area contributed by atoms with Crippen molar-refractivity contribution in [3.05, 3.63) is 24.2 Å². The highest BCUT2D eigenvalue weighted by molar-refractivity contribution is 7.54. The van der Waals surface area contributed by atoms with Crippen molar-refractivity contribution in [1.82, 2.24) is 24.8 Å². The van der Waals surface area contributed by atoms with Crippen LogP contribution in [0.4, 0.5) is 10.2 Å². The van der Waals surface area contributed by atoms with E-state index in [1.807, 2.05) is 0 Å². The highest BCUT2D eigenvalue weighted by Gasteiger charge is 2.59. The highest BCUT2D eigenvalue weighted by atomic mass is 31.2. The van der Waals surface area contributed by atoms with Crippen molar-refractivity contribution >= 4 is 30.9 Å². The van der Waals surface area contributed by atoms with Crippen molar-refractivity contribution < 1.29 is 42.4 Å². The molecular formula is C22H31FN7O8P. The van der Waals surface area contributed by atoms with Gasteiger partial charge in [0.15, 0.2) is 12.0 Å². The normalized spacial score (nSPS) is 24.7. The predicted octanol–water partition coefficient (Wildman–Crippen LogP) is 0.335. The minimum absolute atomic E-state index is 0.0594. The summed E-state index contributed by atoms with van der Waals surface area (Å²) in [7, 11) is -4.28. The Morgan fingerprint density at radius 1 is 1.28 bits per heavy atom. The first kappa shape index (κ1) is 30.4. The number of alkyl halides is 1. The van der Waals surface area contributed by atoms with Gasteiger partial charge in [0.2, 0.25) is 5.60 Å². The van der Waals surface area contributed by atoms with Crippen molar-refractivity contribution in [1.29, 1.82) is 5.26 Å². The van der Waals surface area contributed by atoms with Crippen LogP contribution in [0.2, 0.25) is 0 Å². The molecule has 0 bridgehead atoms. The van der Waals surface area contributed by atoms with E-state index in [4.69, 9.17) is 24.5 Å². The number of anilines is 1. The maximum Gasteiger partial charge on any atom is 0.342 e. The lowest BCUT2D eigenvalue weighted by atomic mass is 9.94. The van der Waals surface area contributed by atoms with E-state index in [0.29, 0.717) is 0 Å². The quantitative estimate of drug-likeness (QED) is 0.200. The number of nitrogen functional groups attached to an aromatic ring is 1. The predicted molar refractivity (Wildman–Crippen MR) is 132 cm³/mol. The number of hydrogen-bond donors (Lipinski definition) is 4. The number of nitrogens with one attached hydrogen (secondary N) is 2. The zero-order valence-electron chi connectivity index (χ0n) is 21.7.